The van der Waals surface area contributed by atoms with Gasteiger partial charge in [-0.1, -0.05) is 41.6 Å². The first kappa shape index (κ1) is 12.3. The molecule has 5 heteroatoms. The first-order valence-corrected chi connectivity index (χ1v) is 6.30. The van der Waals surface area contributed by atoms with E-state index in [1.807, 2.05) is 30.3 Å². The summed E-state index contributed by atoms with van der Waals surface area (Å²) < 4.78 is 1.05. The number of benzene rings is 2. The Bertz CT molecular complexity index is 765. The van der Waals surface area contributed by atoms with Crippen molar-refractivity contribution in [2.24, 2.45) is 5.18 Å². The Morgan fingerprint density at radius 1 is 1.20 bits per heavy atom. The Morgan fingerprint density at radius 2 is 1.95 bits per heavy atom. The molecule has 0 bridgehead atoms. The molecule has 3 aromatic rings. The summed E-state index contributed by atoms with van der Waals surface area (Å²) in [6.07, 6.45) is 0. The van der Waals surface area contributed by atoms with Gasteiger partial charge in [0.15, 0.2) is 5.82 Å². The molecule has 1 N–H and O–H groups in total. The lowest BCUT2D eigenvalue weighted by molar-refractivity contribution is 0.203. The summed E-state index contributed by atoms with van der Waals surface area (Å²) in [4.78, 5) is 15.0. The third-order valence-electron chi connectivity index (χ3n) is 3.33. The van der Waals surface area contributed by atoms with Gasteiger partial charge in [-0.2, -0.15) is 9.64 Å². The SMILES string of the molecule is CC(N=O)c1ccc2nc(-c3ccccc3)n(O)c2c1. The minimum absolute atomic E-state index is 0.450. The normalized spacial score (nSPS) is 12.4. The summed E-state index contributed by atoms with van der Waals surface area (Å²) in [6.45, 7) is 1.71. The highest BCUT2D eigenvalue weighted by molar-refractivity contribution is 5.80. The number of fused-ring (bicyclic) bond motifs is 1. The lowest BCUT2D eigenvalue weighted by atomic mass is 10.1. The Balaban J connectivity index is 2.18. The molecule has 1 atom stereocenters. The number of hydrogen-bond acceptors (Lipinski definition) is 4. The van der Waals surface area contributed by atoms with E-state index in [-0.39, 0.29) is 0 Å². The van der Waals surface area contributed by atoms with Gasteiger partial charge in [-0.15, -0.1) is 0 Å². The molecule has 1 unspecified atom stereocenters. The van der Waals surface area contributed by atoms with Crippen molar-refractivity contribution in [1.82, 2.24) is 9.71 Å². The zero-order valence-electron chi connectivity index (χ0n) is 10.9. The molecule has 0 aliphatic rings. The molecular formula is C15H13N3O2. The van der Waals surface area contributed by atoms with E-state index in [1.165, 1.54) is 0 Å². The van der Waals surface area contributed by atoms with Gasteiger partial charge in [0.1, 0.15) is 11.6 Å². The molecule has 0 aliphatic heterocycles. The molecule has 100 valence electrons. The van der Waals surface area contributed by atoms with Crippen molar-refractivity contribution in [2.75, 3.05) is 0 Å². The van der Waals surface area contributed by atoms with Gasteiger partial charge in [0.05, 0.1) is 5.52 Å². The van der Waals surface area contributed by atoms with E-state index >= 15 is 0 Å². The van der Waals surface area contributed by atoms with Gasteiger partial charge in [0, 0.05) is 5.56 Å². The average molecular weight is 267 g/mol. The van der Waals surface area contributed by atoms with Crippen molar-refractivity contribution < 1.29 is 5.21 Å². The van der Waals surface area contributed by atoms with Crippen LogP contribution in [0.2, 0.25) is 0 Å². The molecule has 0 saturated heterocycles. The van der Waals surface area contributed by atoms with Crippen LogP contribution in [0.5, 0.6) is 0 Å². The standard InChI is InChI=1S/C15H13N3O2/c1-10(17-19)12-7-8-13-14(9-12)18(20)15(16-13)11-5-3-2-4-6-11/h2-10,20H,1H3. The van der Waals surface area contributed by atoms with Gasteiger partial charge >= 0.3 is 0 Å². The Hall–Kier alpha value is -2.69. The van der Waals surface area contributed by atoms with Gasteiger partial charge in [-0.05, 0) is 24.6 Å². The van der Waals surface area contributed by atoms with E-state index in [4.69, 9.17) is 0 Å². The maximum atomic E-state index is 10.6. The topological polar surface area (TPSA) is 67.5 Å². The van der Waals surface area contributed by atoms with E-state index in [0.717, 1.165) is 15.9 Å². The van der Waals surface area contributed by atoms with Crippen LogP contribution in [0, 0.1) is 4.91 Å². The molecule has 1 heterocycles. The zero-order valence-corrected chi connectivity index (χ0v) is 10.9. The second-order valence-corrected chi connectivity index (χ2v) is 4.64. The van der Waals surface area contributed by atoms with Crippen molar-refractivity contribution in [3.63, 3.8) is 0 Å². The van der Waals surface area contributed by atoms with Crippen molar-refractivity contribution in [1.29, 1.82) is 0 Å². The van der Waals surface area contributed by atoms with Gasteiger partial charge in [0.2, 0.25) is 0 Å². The molecule has 0 amide bonds. The molecule has 0 saturated carbocycles. The molecule has 1 aromatic heterocycles. The third-order valence-corrected chi connectivity index (χ3v) is 3.33. The molecule has 20 heavy (non-hydrogen) atoms. The fourth-order valence-corrected chi connectivity index (χ4v) is 2.17. The van der Waals surface area contributed by atoms with E-state index in [1.54, 1.807) is 25.1 Å². The Kier molecular flexibility index (Phi) is 2.95. The maximum absolute atomic E-state index is 10.6. The van der Waals surface area contributed by atoms with Crippen LogP contribution < -0.4 is 0 Å². The summed E-state index contributed by atoms with van der Waals surface area (Å²) in [6, 6.07) is 14.3. The van der Waals surface area contributed by atoms with Crippen molar-refractivity contribution in [3.05, 3.63) is 59.0 Å². The van der Waals surface area contributed by atoms with E-state index in [0.29, 0.717) is 16.9 Å². The van der Waals surface area contributed by atoms with Crippen LogP contribution >= 0.6 is 0 Å². The van der Waals surface area contributed by atoms with E-state index < -0.39 is 6.04 Å². The summed E-state index contributed by atoms with van der Waals surface area (Å²) in [5.41, 5.74) is 2.82. The Labute approximate surface area is 115 Å². The van der Waals surface area contributed by atoms with Gasteiger partial charge in [0.25, 0.3) is 0 Å². The average Bonchev–Trinajstić information content (AvgIpc) is 2.84. The number of aromatic nitrogens is 2. The van der Waals surface area contributed by atoms with Crippen LogP contribution in [0.4, 0.5) is 0 Å². The number of nitroso groups, excluding NO2 is 1. The van der Waals surface area contributed by atoms with Gasteiger partial charge in [-0.25, -0.2) is 4.98 Å². The molecule has 0 aliphatic carbocycles. The summed E-state index contributed by atoms with van der Waals surface area (Å²) in [5, 5.41) is 13.3. The van der Waals surface area contributed by atoms with Crippen LogP contribution in [0.25, 0.3) is 22.4 Å². The molecule has 2 aromatic carbocycles. The monoisotopic (exact) mass is 267 g/mol. The minimum atomic E-state index is -0.450. The van der Waals surface area contributed by atoms with Gasteiger partial charge < -0.3 is 5.21 Å². The van der Waals surface area contributed by atoms with Crippen LogP contribution in [0.15, 0.2) is 53.7 Å². The predicted molar refractivity (Wildman–Crippen MR) is 76.6 cm³/mol. The quantitative estimate of drug-likeness (QED) is 0.580. The molecular weight excluding hydrogens is 254 g/mol. The second-order valence-electron chi connectivity index (χ2n) is 4.64. The first-order chi connectivity index (χ1) is 9.70. The fraction of sp³-hybridized carbons (Fsp3) is 0.133. The first-order valence-electron chi connectivity index (χ1n) is 6.30. The molecule has 0 spiro atoms. The highest BCUT2D eigenvalue weighted by Gasteiger charge is 2.14. The van der Waals surface area contributed by atoms with Crippen molar-refractivity contribution >= 4 is 11.0 Å². The van der Waals surface area contributed by atoms with Crippen LogP contribution in [-0.2, 0) is 0 Å². The summed E-state index contributed by atoms with van der Waals surface area (Å²) in [5.74, 6) is 0.476. The number of nitrogens with zero attached hydrogens (tertiary/aromatic N) is 3. The van der Waals surface area contributed by atoms with E-state index in [9.17, 15) is 10.1 Å². The number of imidazole rings is 1. The highest BCUT2D eigenvalue weighted by Crippen LogP contribution is 2.26. The molecule has 5 nitrogen and oxygen atoms in total. The minimum Gasteiger partial charge on any atom is -0.426 e. The van der Waals surface area contributed by atoms with Crippen molar-refractivity contribution in [3.8, 4) is 11.4 Å². The van der Waals surface area contributed by atoms with Crippen LogP contribution in [0.1, 0.15) is 18.5 Å². The molecule has 0 fully saturated rings. The Morgan fingerprint density at radius 3 is 2.65 bits per heavy atom. The van der Waals surface area contributed by atoms with Crippen LogP contribution in [0.3, 0.4) is 0 Å². The lowest BCUT2D eigenvalue weighted by Gasteiger charge is -2.03. The largest absolute Gasteiger partial charge is 0.426 e. The number of hydrogen-bond donors (Lipinski definition) is 1. The maximum Gasteiger partial charge on any atom is 0.176 e. The second kappa shape index (κ2) is 4.77. The summed E-state index contributed by atoms with van der Waals surface area (Å²) >= 11 is 0. The smallest absolute Gasteiger partial charge is 0.176 e. The van der Waals surface area contributed by atoms with Gasteiger partial charge in [-0.3, -0.25) is 0 Å². The zero-order chi connectivity index (χ0) is 14.1. The lowest BCUT2D eigenvalue weighted by Crippen LogP contribution is -1.95. The third kappa shape index (κ3) is 1.93. The van der Waals surface area contributed by atoms with Crippen LogP contribution in [-0.4, -0.2) is 14.9 Å². The number of rotatable bonds is 3. The molecule has 0 radical (unpaired) electrons. The van der Waals surface area contributed by atoms with E-state index in [2.05, 4.69) is 10.2 Å². The predicted octanol–water partition coefficient (Wildman–Crippen LogP) is 3.77. The van der Waals surface area contributed by atoms with Crippen molar-refractivity contribution in [2.45, 2.75) is 13.0 Å². The molecule has 3 rings (SSSR count). The fourth-order valence-electron chi connectivity index (χ4n) is 2.17. The highest BCUT2D eigenvalue weighted by atomic mass is 16.5. The summed E-state index contributed by atoms with van der Waals surface area (Å²) in [7, 11) is 0.